The van der Waals surface area contributed by atoms with E-state index in [1.807, 2.05) is 56.3 Å². The van der Waals surface area contributed by atoms with Crippen LogP contribution in [0.4, 0.5) is 5.69 Å². The number of oxazole rings is 1. The SMILES string of the molecule is CO[C@@H](C)c1cccc(N[C@H](C)c2ncc(-c3ccccc3)o2)c1. The van der Waals surface area contributed by atoms with Crippen molar-refractivity contribution in [3.63, 3.8) is 0 Å². The van der Waals surface area contributed by atoms with Crippen molar-refractivity contribution in [3.8, 4) is 11.3 Å². The molecule has 0 bridgehead atoms. The van der Waals surface area contributed by atoms with E-state index in [9.17, 15) is 0 Å². The summed E-state index contributed by atoms with van der Waals surface area (Å²) in [6, 6.07) is 18.1. The summed E-state index contributed by atoms with van der Waals surface area (Å²) < 4.78 is 11.3. The normalized spacial score (nSPS) is 13.5. The molecule has 0 fully saturated rings. The molecule has 3 rings (SSSR count). The second-order valence-electron chi connectivity index (χ2n) is 5.80. The predicted molar refractivity (Wildman–Crippen MR) is 95.8 cm³/mol. The van der Waals surface area contributed by atoms with Crippen LogP contribution in [0, 0.1) is 0 Å². The van der Waals surface area contributed by atoms with Gasteiger partial charge in [0, 0.05) is 18.4 Å². The maximum atomic E-state index is 5.90. The van der Waals surface area contributed by atoms with Gasteiger partial charge in [-0.2, -0.15) is 0 Å². The Hall–Kier alpha value is -2.59. The van der Waals surface area contributed by atoms with E-state index in [0.29, 0.717) is 5.89 Å². The molecule has 0 aliphatic carbocycles. The topological polar surface area (TPSA) is 47.3 Å². The summed E-state index contributed by atoms with van der Waals surface area (Å²) in [5, 5.41) is 3.43. The number of nitrogens with zero attached hydrogens (tertiary/aromatic N) is 1. The maximum absolute atomic E-state index is 5.90. The smallest absolute Gasteiger partial charge is 0.217 e. The monoisotopic (exact) mass is 322 g/mol. The third-order valence-corrected chi connectivity index (χ3v) is 4.05. The Morgan fingerprint density at radius 1 is 1.04 bits per heavy atom. The number of methoxy groups -OCH3 is 1. The zero-order valence-electron chi connectivity index (χ0n) is 14.2. The molecule has 0 spiro atoms. The molecule has 2 aromatic carbocycles. The molecule has 0 radical (unpaired) electrons. The fourth-order valence-corrected chi connectivity index (χ4v) is 2.55. The minimum Gasteiger partial charge on any atom is -0.438 e. The minimum absolute atomic E-state index is 0.0319. The van der Waals surface area contributed by atoms with Gasteiger partial charge in [-0.1, -0.05) is 42.5 Å². The Morgan fingerprint density at radius 3 is 2.58 bits per heavy atom. The van der Waals surface area contributed by atoms with E-state index < -0.39 is 0 Å². The molecule has 0 aliphatic rings. The standard InChI is InChI=1S/C20H22N2O2/c1-14(22-18-11-7-10-17(12-18)15(2)23-3)20-21-13-19(24-20)16-8-5-4-6-9-16/h4-15,22H,1-3H3/t14-,15+/m1/s1. The third kappa shape index (κ3) is 3.66. The quantitative estimate of drug-likeness (QED) is 0.675. The van der Waals surface area contributed by atoms with Crippen LogP contribution in [-0.4, -0.2) is 12.1 Å². The van der Waals surface area contributed by atoms with E-state index in [-0.39, 0.29) is 12.1 Å². The van der Waals surface area contributed by atoms with Gasteiger partial charge in [0.05, 0.1) is 12.3 Å². The molecule has 1 N–H and O–H groups in total. The molecule has 2 atom stereocenters. The Morgan fingerprint density at radius 2 is 1.83 bits per heavy atom. The molecule has 0 unspecified atom stereocenters. The number of rotatable bonds is 6. The molecule has 0 amide bonds. The minimum atomic E-state index is -0.0319. The Labute approximate surface area is 142 Å². The van der Waals surface area contributed by atoms with Gasteiger partial charge in [-0.05, 0) is 31.5 Å². The fraction of sp³-hybridized carbons (Fsp3) is 0.250. The van der Waals surface area contributed by atoms with Crippen molar-refractivity contribution in [2.45, 2.75) is 26.0 Å². The number of ether oxygens (including phenoxy) is 1. The summed E-state index contributed by atoms with van der Waals surface area (Å²) in [6.45, 7) is 4.07. The number of hydrogen-bond acceptors (Lipinski definition) is 4. The first-order valence-corrected chi connectivity index (χ1v) is 8.08. The molecule has 1 heterocycles. The summed E-state index contributed by atoms with van der Waals surface area (Å²) in [6.07, 6.45) is 1.83. The lowest BCUT2D eigenvalue weighted by atomic mass is 10.1. The van der Waals surface area contributed by atoms with Gasteiger partial charge in [-0.15, -0.1) is 0 Å². The van der Waals surface area contributed by atoms with Crippen molar-refractivity contribution in [1.82, 2.24) is 4.98 Å². The van der Waals surface area contributed by atoms with Crippen LogP contribution in [-0.2, 0) is 4.74 Å². The highest BCUT2D eigenvalue weighted by Crippen LogP contribution is 2.26. The highest BCUT2D eigenvalue weighted by molar-refractivity contribution is 5.56. The van der Waals surface area contributed by atoms with Gasteiger partial charge >= 0.3 is 0 Å². The first-order chi connectivity index (χ1) is 11.7. The van der Waals surface area contributed by atoms with Crippen LogP contribution in [0.5, 0.6) is 0 Å². The second-order valence-corrected chi connectivity index (χ2v) is 5.80. The van der Waals surface area contributed by atoms with Crippen molar-refractivity contribution in [1.29, 1.82) is 0 Å². The van der Waals surface area contributed by atoms with Crippen LogP contribution in [0.25, 0.3) is 11.3 Å². The molecule has 124 valence electrons. The van der Waals surface area contributed by atoms with Gasteiger partial charge in [0.15, 0.2) is 5.76 Å². The van der Waals surface area contributed by atoms with Gasteiger partial charge < -0.3 is 14.5 Å². The van der Waals surface area contributed by atoms with E-state index in [0.717, 1.165) is 22.6 Å². The largest absolute Gasteiger partial charge is 0.438 e. The van der Waals surface area contributed by atoms with Crippen LogP contribution in [0.2, 0.25) is 0 Å². The molecular formula is C20H22N2O2. The van der Waals surface area contributed by atoms with E-state index in [1.54, 1.807) is 13.3 Å². The van der Waals surface area contributed by atoms with Crippen molar-refractivity contribution < 1.29 is 9.15 Å². The number of anilines is 1. The molecule has 0 saturated carbocycles. The Balaban J connectivity index is 1.74. The average Bonchev–Trinajstić information content (AvgIpc) is 3.12. The molecule has 0 aliphatic heterocycles. The molecule has 1 aromatic heterocycles. The van der Waals surface area contributed by atoms with E-state index in [2.05, 4.69) is 22.4 Å². The zero-order valence-corrected chi connectivity index (χ0v) is 14.2. The number of nitrogens with one attached hydrogen (secondary N) is 1. The molecule has 4 heteroatoms. The Bertz CT molecular complexity index is 783. The van der Waals surface area contributed by atoms with Crippen LogP contribution in [0.15, 0.2) is 65.2 Å². The lowest BCUT2D eigenvalue weighted by Crippen LogP contribution is -2.07. The van der Waals surface area contributed by atoms with Gasteiger partial charge in [0.1, 0.15) is 6.04 Å². The van der Waals surface area contributed by atoms with Gasteiger partial charge in [-0.3, -0.25) is 0 Å². The zero-order chi connectivity index (χ0) is 16.9. The summed E-state index contributed by atoms with van der Waals surface area (Å²) in [7, 11) is 1.71. The molecular weight excluding hydrogens is 300 g/mol. The Kier molecular flexibility index (Phi) is 4.96. The number of aromatic nitrogens is 1. The maximum Gasteiger partial charge on any atom is 0.217 e. The van der Waals surface area contributed by atoms with E-state index >= 15 is 0 Å². The molecule has 4 nitrogen and oxygen atoms in total. The molecule has 24 heavy (non-hydrogen) atoms. The highest BCUT2D eigenvalue weighted by atomic mass is 16.5. The van der Waals surface area contributed by atoms with Crippen LogP contribution in [0.1, 0.15) is 37.4 Å². The van der Waals surface area contributed by atoms with Crippen molar-refractivity contribution >= 4 is 5.69 Å². The van der Waals surface area contributed by atoms with Crippen LogP contribution < -0.4 is 5.32 Å². The van der Waals surface area contributed by atoms with Crippen molar-refractivity contribution in [2.75, 3.05) is 12.4 Å². The second kappa shape index (κ2) is 7.32. The first kappa shape index (κ1) is 16.3. The number of benzene rings is 2. The van der Waals surface area contributed by atoms with Crippen molar-refractivity contribution in [2.24, 2.45) is 0 Å². The highest BCUT2D eigenvalue weighted by Gasteiger charge is 2.14. The van der Waals surface area contributed by atoms with Gasteiger partial charge in [-0.25, -0.2) is 4.98 Å². The summed E-state index contributed by atoms with van der Waals surface area (Å²) in [5.74, 6) is 1.44. The van der Waals surface area contributed by atoms with Gasteiger partial charge in [0.25, 0.3) is 0 Å². The lowest BCUT2D eigenvalue weighted by Gasteiger charge is -2.15. The van der Waals surface area contributed by atoms with E-state index in [4.69, 9.17) is 9.15 Å². The van der Waals surface area contributed by atoms with Crippen LogP contribution in [0.3, 0.4) is 0 Å². The van der Waals surface area contributed by atoms with E-state index in [1.165, 1.54) is 0 Å². The fourth-order valence-electron chi connectivity index (χ4n) is 2.55. The summed E-state index contributed by atoms with van der Waals surface area (Å²) >= 11 is 0. The summed E-state index contributed by atoms with van der Waals surface area (Å²) in [5.41, 5.74) is 3.18. The van der Waals surface area contributed by atoms with Gasteiger partial charge in [0.2, 0.25) is 5.89 Å². The average molecular weight is 322 g/mol. The summed E-state index contributed by atoms with van der Waals surface area (Å²) in [4.78, 5) is 4.41. The molecule has 0 saturated heterocycles. The number of hydrogen-bond donors (Lipinski definition) is 1. The van der Waals surface area contributed by atoms with Crippen molar-refractivity contribution in [3.05, 3.63) is 72.2 Å². The third-order valence-electron chi connectivity index (χ3n) is 4.05. The van der Waals surface area contributed by atoms with Crippen LogP contribution >= 0.6 is 0 Å². The predicted octanol–water partition coefficient (Wildman–Crippen LogP) is 5.22. The first-order valence-electron chi connectivity index (χ1n) is 8.08. The lowest BCUT2D eigenvalue weighted by molar-refractivity contribution is 0.119. The molecule has 3 aromatic rings.